The Morgan fingerprint density at radius 3 is 0.895 bits per heavy atom. The molecule has 594 valence electrons. The van der Waals surface area contributed by atoms with Crippen molar-refractivity contribution >= 4 is 193 Å². The molecule has 4 aromatic heterocycles. The predicted molar refractivity (Wildman–Crippen MR) is 541 cm³/mol. The molecule has 0 N–H and O–H groups in total. The van der Waals surface area contributed by atoms with Gasteiger partial charge in [-0.1, -0.05) is 368 Å². The summed E-state index contributed by atoms with van der Waals surface area (Å²) in [5, 5.41) is 21.3. The van der Waals surface area contributed by atoms with Gasteiger partial charge in [0.25, 0.3) is 0 Å². The second-order valence-corrected chi connectivity index (χ2v) is 44.0. The number of thiophene rings is 2. The summed E-state index contributed by atoms with van der Waals surface area (Å²) < 4.78 is 23.7. The summed E-state index contributed by atoms with van der Waals surface area (Å²) >= 11 is 7.52. The van der Waals surface area contributed by atoms with Gasteiger partial charge in [0.05, 0.1) is 33.3 Å². The summed E-state index contributed by atoms with van der Waals surface area (Å²) in [5.74, 6) is 0. The van der Waals surface area contributed by atoms with Gasteiger partial charge in [0.1, 0.15) is 0 Å². The first-order valence-electron chi connectivity index (χ1n) is 42.5. The van der Waals surface area contributed by atoms with Gasteiger partial charge in [-0.15, -0.1) is 22.7 Å². The predicted octanol–water partition coefficient (Wildman–Crippen LogP) is 24.8. The van der Waals surface area contributed by atoms with Gasteiger partial charge < -0.3 is 18.4 Å². The lowest BCUT2D eigenvalue weighted by Crippen LogP contribution is -2.74. The highest BCUT2D eigenvalue weighted by Crippen LogP contribution is 2.42. The zero-order valence-corrected chi connectivity index (χ0v) is 74.4. The Hall–Kier alpha value is -13.1. The molecule has 4 nitrogen and oxygen atoms in total. The Morgan fingerprint density at radius 2 is 0.516 bits per heavy atom. The number of hydrogen-bond donors (Lipinski definition) is 0. The minimum absolute atomic E-state index is 0.347. The fourth-order valence-electron chi connectivity index (χ4n) is 19.1. The van der Waals surface area contributed by atoms with Crippen LogP contribution in [0.15, 0.2) is 453 Å². The largest absolute Gasteiger partial charge is 0.494 e. The van der Waals surface area contributed by atoms with Crippen LogP contribution in [0.25, 0.3) is 129 Å². The van der Waals surface area contributed by atoms with E-state index >= 15 is 0 Å². The second-order valence-electron chi connectivity index (χ2n) is 33.3. The van der Waals surface area contributed by atoms with Crippen molar-refractivity contribution < 1.29 is 9.31 Å². The molecule has 0 unspecified atom stereocenters. The van der Waals surface area contributed by atoms with Gasteiger partial charge in [-0.2, -0.15) is 0 Å². The van der Waals surface area contributed by atoms with Crippen molar-refractivity contribution in [1.82, 2.24) is 9.13 Å². The molecule has 0 radical (unpaired) electrons. The van der Waals surface area contributed by atoms with Crippen LogP contribution in [0.3, 0.4) is 0 Å². The van der Waals surface area contributed by atoms with E-state index in [-0.39, 0.29) is 18.3 Å². The van der Waals surface area contributed by atoms with Crippen LogP contribution in [0.5, 0.6) is 0 Å². The van der Waals surface area contributed by atoms with Crippen LogP contribution >= 0.6 is 38.6 Å². The molecule has 0 aliphatic carbocycles. The molecule has 0 amide bonds. The zero-order valence-electron chi connectivity index (χ0n) is 69.2. The fraction of sp³-hybridized carbons (Fsp3) is 0.0526. The van der Waals surface area contributed by atoms with Crippen LogP contribution in [-0.4, -0.2) is 43.6 Å². The molecule has 1 aliphatic heterocycles. The van der Waals surface area contributed by atoms with Crippen molar-refractivity contribution in [2.45, 2.75) is 38.9 Å². The average Bonchev–Trinajstić information content (AvgIpc) is 1.10. The number of fused-ring (bicyclic) bond motifs is 12. The number of hydrogen-bond acceptors (Lipinski definition) is 4. The number of para-hydroxylation sites is 4. The standard InChI is InChI=1S/C54H37NSSi.C36H25BrSSi.C24H24BNO2/c1-3-20-43(21-4-1)57(44-22-5-2-6-23-44,46-25-15-18-40(36-46)41-32-33-54-50(37-41)49-28-9-12-31-53(49)56-54)45-24-14-17-39(35-45)38-16-13-19-42(34-38)55-51-29-10-7-26-47(51)48-27-8-11-30-52(48)55;37-28-12-10-18-32(25-28)39(29-13-3-1-4-14-29,30-15-5-2-6-16-30)31-17-9-11-26(23-31)27-21-22-36-34(24-27)33-19-7-8-20-35(33)38-36;1-23(2)24(3,4)28-25(27-23)17-10-9-11-18(16-17)26-21-14-7-5-12-19(21)20-13-6-8-15-22(20)26/h1-37H;1-25H;5-16H,1-4H3. The molecule has 10 heteroatoms. The summed E-state index contributed by atoms with van der Waals surface area (Å²) in [4.78, 5) is 0. The minimum atomic E-state index is -2.86. The number of aromatic nitrogens is 2. The molecule has 1 fully saturated rings. The highest BCUT2D eigenvalue weighted by Gasteiger charge is 2.52. The van der Waals surface area contributed by atoms with Gasteiger partial charge >= 0.3 is 7.12 Å². The molecule has 1 aliphatic rings. The Morgan fingerprint density at radius 1 is 0.234 bits per heavy atom. The third-order valence-electron chi connectivity index (χ3n) is 25.6. The Balaban J connectivity index is 0.000000122. The van der Waals surface area contributed by atoms with Crippen LogP contribution in [0, 0.1) is 0 Å². The quantitative estimate of drug-likeness (QED) is 0.0802. The number of halogens is 1. The topological polar surface area (TPSA) is 28.3 Å². The van der Waals surface area contributed by atoms with Crippen LogP contribution in [0.2, 0.25) is 0 Å². The fourth-order valence-corrected chi connectivity index (χ4v) is 31.5. The molecular weight excluding hydrogens is 1640 g/mol. The summed E-state index contributed by atoms with van der Waals surface area (Å²) in [5.41, 5.74) is 14.9. The Labute approximate surface area is 742 Å². The van der Waals surface area contributed by atoms with Gasteiger partial charge in [-0.25, -0.2) is 0 Å². The lowest BCUT2D eigenvalue weighted by molar-refractivity contribution is 0.00578. The average molecular weight is 1730 g/mol. The first-order chi connectivity index (χ1) is 60.9. The van der Waals surface area contributed by atoms with Crippen molar-refractivity contribution in [2.24, 2.45) is 0 Å². The van der Waals surface area contributed by atoms with E-state index in [1.165, 1.54) is 159 Å². The first kappa shape index (κ1) is 78.2. The smallest absolute Gasteiger partial charge is 0.399 e. The first-order valence-corrected chi connectivity index (χ1v) is 49.0. The number of rotatable bonds is 14. The van der Waals surface area contributed by atoms with Gasteiger partial charge in [0.2, 0.25) is 0 Å². The highest BCUT2D eigenvalue weighted by atomic mass is 79.9. The Kier molecular flexibility index (Phi) is 20.6. The van der Waals surface area contributed by atoms with Crippen LogP contribution in [-0.2, 0) is 9.31 Å². The molecule has 0 saturated carbocycles. The van der Waals surface area contributed by atoms with Crippen molar-refractivity contribution in [3.05, 3.63) is 453 Å². The summed E-state index contributed by atoms with van der Waals surface area (Å²) in [6.07, 6.45) is 0. The molecular formula is C114H86BBrN2O2S2Si2. The van der Waals surface area contributed by atoms with Crippen molar-refractivity contribution in [3.63, 3.8) is 0 Å². The molecule has 23 rings (SSSR count). The lowest BCUT2D eigenvalue weighted by atomic mass is 9.79. The second kappa shape index (κ2) is 32.6. The number of benzene rings is 18. The van der Waals surface area contributed by atoms with Crippen LogP contribution < -0.4 is 47.0 Å². The van der Waals surface area contributed by atoms with Gasteiger partial charge in [-0.05, 0) is 205 Å². The molecule has 0 spiro atoms. The van der Waals surface area contributed by atoms with Crippen LogP contribution in [0.1, 0.15) is 27.7 Å². The third-order valence-corrected chi connectivity index (χ3v) is 37.9. The Bertz CT molecular complexity index is 7550. The molecule has 22 aromatic rings. The van der Waals surface area contributed by atoms with Gasteiger partial charge in [-0.3, -0.25) is 0 Å². The molecule has 18 aromatic carbocycles. The van der Waals surface area contributed by atoms with E-state index in [4.69, 9.17) is 9.31 Å². The molecule has 1 saturated heterocycles. The molecule has 0 bridgehead atoms. The summed E-state index contributed by atoms with van der Waals surface area (Å²) in [6, 6.07) is 165. The summed E-state index contributed by atoms with van der Waals surface area (Å²) in [7, 11) is -5.83. The van der Waals surface area contributed by atoms with E-state index in [2.05, 4.69) is 502 Å². The molecule has 5 heterocycles. The van der Waals surface area contributed by atoms with Gasteiger partial charge in [0, 0.05) is 77.7 Å². The zero-order chi connectivity index (χ0) is 83.5. The SMILES string of the molecule is Brc1cccc([Si](c2ccccc2)(c2ccccc2)c2cccc(-c3ccc4sc5ccccc5c4c3)c2)c1.CC1(C)OB(c2cccc(-n3c4ccccc4c4ccccc43)c2)OC1(C)C.c1ccc([Si](c2ccccc2)(c2cccc(-c3cccc(-n4c5ccccc5c5ccccc54)c3)c2)c2cccc(-c3ccc4sc5ccccc5c4c3)c2)cc1. The van der Waals surface area contributed by atoms with E-state index in [0.29, 0.717) is 0 Å². The van der Waals surface area contributed by atoms with Crippen molar-refractivity contribution in [2.75, 3.05) is 0 Å². The maximum atomic E-state index is 6.27. The number of nitrogens with zero attached hydrogens (tertiary/aromatic N) is 2. The normalized spacial score (nSPS) is 13.2. The van der Waals surface area contributed by atoms with Gasteiger partial charge in [0.15, 0.2) is 16.1 Å². The molecule has 0 atom stereocenters. The summed E-state index contributed by atoms with van der Waals surface area (Å²) in [6.45, 7) is 8.35. The third kappa shape index (κ3) is 13.9. The molecule has 124 heavy (non-hydrogen) atoms. The maximum absolute atomic E-state index is 6.27. The van der Waals surface area contributed by atoms with Crippen molar-refractivity contribution in [3.8, 4) is 44.8 Å². The highest BCUT2D eigenvalue weighted by molar-refractivity contribution is 9.10. The van der Waals surface area contributed by atoms with E-state index in [0.717, 1.165) is 21.3 Å². The maximum Gasteiger partial charge on any atom is 0.494 e. The lowest BCUT2D eigenvalue weighted by Gasteiger charge is -2.35. The van der Waals surface area contributed by atoms with E-state index < -0.39 is 16.1 Å². The van der Waals surface area contributed by atoms with Crippen LogP contribution in [0.4, 0.5) is 0 Å². The minimum Gasteiger partial charge on any atom is -0.399 e. The van der Waals surface area contributed by atoms with E-state index in [9.17, 15) is 0 Å². The monoisotopic (exact) mass is 1720 g/mol. The van der Waals surface area contributed by atoms with E-state index in [1.54, 1.807) is 0 Å². The van der Waals surface area contributed by atoms with Crippen molar-refractivity contribution in [1.29, 1.82) is 0 Å². The van der Waals surface area contributed by atoms with E-state index in [1.807, 2.05) is 22.7 Å².